The smallest absolute Gasteiger partial charge is 0.0479 e. The molecule has 2 heteroatoms. The van der Waals surface area contributed by atoms with Crippen LogP contribution < -0.4 is 5.32 Å². The van der Waals surface area contributed by atoms with Crippen LogP contribution in [0.1, 0.15) is 39.0 Å². The fraction of sp³-hybridized carbons (Fsp3) is 1.00. The predicted octanol–water partition coefficient (Wildman–Crippen LogP) is 1.95. The van der Waals surface area contributed by atoms with Crippen molar-refractivity contribution in [2.75, 3.05) is 20.3 Å². The molecule has 1 heterocycles. The average Bonchev–Trinajstić information content (AvgIpc) is 2.27. The zero-order valence-corrected chi connectivity index (χ0v) is 8.36. The van der Waals surface area contributed by atoms with Gasteiger partial charge in [-0.2, -0.15) is 0 Å². The summed E-state index contributed by atoms with van der Waals surface area (Å²) in [4.78, 5) is 0. The van der Waals surface area contributed by atoms with Crippen molar-refractivity contribution in [3.05, 3.63) is 0 Å². The number of methoxy groups -OCH3 is 1. The molecule has 2 nitrogen and oxygen atoms in total. The Labute approximate surface area is 75.7 Å². The van der Waals surface area contributed by atoms with Gasteiger partial charge in [0.05, 0.1) is 0 Å². The van der Waals surface area contributed by atoms with Crippen LogP contribution in [0, 0.1) is 0 Å². The summed E-state index contributed by atoms with van der Waals surface area (Å²) in [6, 6.07) is 0. The molecule has 12 heavy (non-hydrogen) atoms. The third-order valence-electron chi connectivity index (χ3n) is 2.82. The van der Waals surface area contributed by atoms with E-state index < -0.39 is 0 Å². The van der Waals surface area contributed by atoms with Gasteiger partial charge in [-0.15, -0.1) is 0 Å². The summed E-state index contributed by atoms with van der Waals surface area (Å²) in [5, 5.41) is 3.61. The molecule has 0 aromatic rings. The molecule has 0 aliphatic carbocycles. The zero-order chi connectivity index (χ0) is 8.86. The molecule has 1 rings (SSSR count). The van der Waals surface area contributed by atoms with Crippen LogP contribution in [-0.2, 0) is 4.74 Å². The fourth-order valence-electron chi connectivity index (χ4n) is 1.84. The number of hydrogen-bond donors (Lipinski definition) is 1. The van der Waals surface area contributed by atoms with Crippen molar-refractivity contribution >= 4 is 0 Å². The Morgan fingerprint density at radius 1 is 1.33 bits per heavy atom. The molecule has 1 fully saturated rings. The van der Waals surface area contributed by atoms with Crippen molar-refractivity contribution in [1.82, 2.24) is 5.32 Å². The van der Waals surface area contributed by atoms with Gasteiger partial charge in [-0.05, 0) is 32.7 Å². The van der Waals surface area contributed by atoms with Gasteiger partial charge in [0.25, 0.3) is 0 Å². The van der Waals surface area contributed by atoms with Crippen LogP contribution in [-0.4, -0.2) is 25.8 Å². The van der Waals surface area contributed by atoms with Crippen LogP contribution in [0.25, 0.3) is 0 Å². The second-order valence-electron chi connectivity index (χ2n) is 4.04. The van der Waals surface area contributed by atoms with Gasteiger partial charge in [0.2, 0.25) is 0 Å². The normalized spacial score (nSPS) is 31.5. The van der Waals surface area contributed by atoms with Crippen molar-refractivity contribution in [1.29, 1.82) is 0 Å². The third kappa shape index (κ3) is 3.11. The van der Waals surface area contributed by atoms with Crippen LogP contribution in [0.4, 0.5) is 0 Å². The Morgan fingerprint density at radius 2 is 2.17 bits per heavy atom. The molecule has 0 saturated carbocycles. The third-order valence-corrected chi connectivity index (χ3v) is 2.82. The van der Waals surface area contributed by atoms with E-state index in [1.165, 1.54) is 32.2 Å². The minimum absolute atomic E-state index is 0.340. The molecule has 72 valence electrons. The average molecular weight is 171 g/mol. The van der Waals surface area contributed by atoms with Gasteiger partial charge in [0.1, 0.15) is 0 Å². The molecule has 0 aromatic heterocycles. The highest BCUT2D eigenvalue weighted by Crippen LogP contribution is 2.21. The Bertz CT molecular complexity index is 117. The molecule has 0 bridgehead atoms. The molecule has 0 spiro atoms. The van der Waals surface area contributed by atoms with E-state index in [1.807, 2.05) is 0 Å². The van der Waals surface area contributed by atoms with E-state index in [0.717, 1.165) is 13.0 Å². The van der Waals surface area contributed by atoms with E-state index in [2.05, 4.69) is 12.2 Å². The molecule has 1 atom stereocenters. The van der Waals surface area contributed by atoms with Crippen molar-refractivity contribution < 1.29 is 4.74 Å². The second kappa shape index (κ2) is 4.83. The second-order valence-corrected chi connectivity index (χ2v) is 4.04. The fourth-order valence-corrected chi connectivity index (χ4v) is 1.84. The van der Waals surface area contributed by atoms with Gasteiger partial charge >= 0.3 is 0 Å². The van der Waals surface area contributed by atoms with Crippen LogP contribution in [0.2, 0.25) is 0 Å². The van der Waals surface area contributed by atoms with E-state index in [4.69, 9.17) is 4.74 Å². The summed E-state index contributed by atoms with van der Waals surface area (Å²) in [6.45, 7) is 4.38. The maximum Gasteiger partial charge on any atom is 0.0479 e. The van der Waals surface area contributed by atoms with Gasteiger partial charge in [-0.1, -0.05) is 12.8 Å². The lowest BCUT2D eigenvalue weighted by atomic mass is 9.93. The maximum atomic E-state index is 5.11. The monoisotopic (exact) mass is 171 g/mol. The molecule has 0 aromatic carbocycles. The minimum Gasteiger partial charge on any atom is -0.385 e. The first-order valence-electron chi connectivity index (χ1n) is 5.01. The first-order chi connectivity index (χ1) is 5.77. The SMILES string of the molecule is COCCC1(C)CCCCCN1. The number of rotatable bonds is 3. The van der Waals surface area contributed by atoms with Crippen LogP contribution in [0.5, 0.6) is 0 Å². The first kappa shape index (κ1) is 10.0. The van der Waals surface area contributed by atoms with Crippen LogP contribution >= 0.6 is 0 Å². The molecular weight excluding hydrogens is 150 g/mol. The highest BCUT2D eigenvalue weighted by molar-refractivity contribution is 4.84. The van der Waals surface area contributed by atoms with Crippen molar-refractivity contribution in [3.63, 3.8) is 0 Å². The Morgan fingerprint density at radius 3 is 2.92 bits per heavy atom. The minimum atomic E-state index is 0.340. The summed E-state index contributed by atoms with van der Waals surface area (Å²) >= 11 is 0. The van der Waals surface area contributed by atoms with Gasteiger partial charge in [-0.25, -0.2) is 0 Å². The summed E-state index contributed by atoms with van der Waals surface area (Å²) < 4.78 is 5.11. The Balaban J connectivity index is 2.32. The van der Waals surface area contributed by atoms with Gasteiger partial charge in [0, 0.05) is 19.3 Å². The summed E-state index contributed by atoms with van der Waals surface area (Å²) in [5.41, 5.74) is 0.340. The molecule has 1 saturated heterocycles. The van der Waals surface area contributed by atoms with Gasteiger partial charge < -0.3 is 10.1 Å². The lowest BCUT2D eigenvalue weighted by Crippen LogP contribution is -2.42. The molecule has 1 N–H and O–H groups in total. The van der Waals surface area contributed by atoms with E-state index in [9.17, 15) is 0 Å². The molecule has 1 aliphatic heterocycles. The topological polar surface area (TPSA) is 21.3 Å². The van der Waals surface area contributed by atoms with Crippen molar-refractivity contribution in [2.24, 2.45) is 0 Å². The summed E-state index contributed by atoms with van der Waals surface area (Å²) in [7, 11) is 1.78. The Kier molecular flexibility index (Phi) is 4.02. The molecular formula is C10H21NO. The zero-order valence-electron chi connectivity index (χ0n) is 8.36. The van der Waals surface area contributed by atoms with Gasteiger partial charge in [-0.3, -0.25) is 0 Å². The lowest BCUT2D eigenvalue weighted by Gasteiger charge is -2.29. The summed E-state index contributed by atoms with van der Waals surface area (Å²) in [6.07, 6.45) is 6.53. The Hall–Kier alpha value is -0.0800. The first-order valence-corrected chi connectivity index (χ1v) is 5.01. The van der Waals surface area contributed by atoms with Gasteiger partial charge in [0.15, 0.2) is 0 Å². The highest BCUT2D eigenvalue weighted by atomic mass is 16.5. The van der Waals surface area contributed by atoms with E-state index >= 15 is 0 Å². The predicted molar refractivity (Wildman–Crippen MR) is 51.4 cm³/mol. The van der Waals surface area contributed by atoms with E-state index in [1.54, 1.807) is 7.11 Å². The number of nitrogens with one attached hydrogen (secondary N) is 1. The molecule has 1 unspecified atom stereocenters. The highest BCUT2D eigenvalue weighted by Gasteiger charge is 2.23. The van der Waals surface area contributed by atoms with Crippen molar-refractivity contribution in [3.8, 4) is 0 Å². The van der Waals surface area contributed by atoms with Crippen molar-refractivity contribution in [2.45, 2.75) is 44.6 Å². The maximum absolute atomic E-state index is 5.11. The molecule has 0 amide bonds. The van der Waals surface area contributed by atoms with E-state index in [-0.39, 0.29) is 0 Å². The van der Waals surface area contributed by atoms with Crippen LogP contribution in [0.3, 0.4) is 0 Å². The van der Waals surface area contributed by atoms with E-state index in [0.29, 0.717) is 5.54 Å². The molecule has 0 radical (unpaired) electrons. The largest absolute Gasteiger partial charge is 0.385 e. The standard InChI is InChI=1S/C10H21NO/c1-10(7-9-12-2)6-4-3-5-8-11-10/h11H,3-9H2,1-2H3. The molecule has 1 aliphatic rings. The lowest BCUT2D eigenvalue weighted by molar-refractivity contribution is 0.157. The number of hydrogen-bond acceptors (Lipinski definition) is 2. The quantitative estimate of drug-likeness (QED) is 0.700. The number of ether oxygens (including phenoxy) is 1. The van der Waals surface area contributed by atoms with Crippen LogP contribution in [0.15, 0.2) is 0 Å². The summed E-state index contributed by atoms with van der Waals surface area (Å²) in [5.74, 6) is 0.